The van der Waals surface area contributed by atoms with E-state index in [0.29, 0.717) is 68.7 Å². The number of piperidine rings is 1. The summed E-state index contributed by atoms with van der Waals surface area (Å²) in [6, 6.07) is 14.3. The molecule has 2 aliphatic heterocycles. The predicted octanol–water partition coefficient (Wildman–Crippen LogP) is 3.38. The first-order valence-electron chi connectivity index (χ1n) is 12.5. The zero-order valence-electron chi connectivity index (χ0n) is 20.8. The van der Waals surface area contributed by atoms with Crippen molar-refractivity contribution in [1.29, 1.82) is 0 Å². The molecule has 2 saturated heterocycles. The van der Waals surface area contributed by atoms with Gasteiger partial charge < -0.3 is 14.6 Å². The van der Waals surface area contributed by atoms with Crippen molar-refractivity contribution < 1.29 is 22.5 Å². The molecule has 196 valence electrons. The van der Waals surface area contributed by atoms with Crippen molar-refractivity contribution in [3.63, 3.8) is 0 Å². The monoisotopic (exact) mass is 525 g/mol. The normalized spacial score (nSPS) is 17.6. The molecule has 1 amide bonds. The zero-order valence-corrected chi connectivity index (χ0v) is 21.6. The minimum atomic E-state index is -3.60. The number of ether oxygens (including phenoxy) is 1. The molecule has 0 aliphatic carbocycles. The SMILES string of the molecule is COc1ccc(S(=O)(=O)N2CCCC2)cc1NC(=O)C1CCN(Cc2nc(-c3ccccc3)no2)CC1. The lowest BCUT2D eigenvalue weighted by atomic mass is 9.96. The molecule has 3 heterocycles. The van der Waals surface area contributed by atoms with Gasteiger partial charge in [-0.25, -0.2) is 8.42 Å². The van der Waals surface area contributed by atoms with Gasteiger partial charge in [0.05, 0.1) is 24.2 Å². The lowest BCUT2D eigenvalue weighted by Gasteiger charge is -2.30. The van der Waals surface area contributed by atoms with E-state index in [0.717, 1.165) is 18.4 Å². The van der Waals surface area contributed by atoms with Crippen LogP contribution in [0.4, 0.5) is 5.69 Å². The van der Waals surface area contributed by atoms with E-state index >= 15 is 0 Å². The minimum absolute atomic E-state index is 0.141. The van der Waals surface area contributed by atoms with Crippen LogP contribution in [0.2, 0.25) is 0 Å². The number of anilines is 1. The Kier molecular flexibility index (Phi) is 7.54. The minimum Gasteiger partial charge on any atom is -0.495 e. The maximum atomic E-state index is 13.1. The summed E-state index contributed by atoms with van der Waals surface area (Å²) in [4.78, 5) is 19.9. The number of sulfonamides is 1. The second kappa shape index (κ2) is 11.0. The summed E-state index contributed by atoms with van der Waals surface area (Å²) in [5.74, 6) is 1.20. The molecular formula is C26H31N5O5S. The van der Waals surface area contributed by atoms with Gasteiger partial charge in [0.1, 0.15) is 5.75 Å². The zero-order chi connectivity index (χ0) is 25.8. The van der Waals surface area contributed by atoms with Crippen molar-refractivity contribution in [1.82, 2.24) is 19.3 Å². The van der Waals surface area contributed by atoms with Crippen molar-refractivity contribution in [3.05, 3.63) is 54.4 Å². The van der Waals surface area contributed by atoms with E-state index in [2.05, 4.69) is 20.4 Å². The summed E-state index contributed by atoms with van der Waals surface area (Å²) in [6.07, 6.45) is 3.05. The van der Waals surface area contributed by atoms with Gasteiger partial charge >= 0.3 is 0 Å². The number of benzene rings is 2. The number of hydrogen-bond donors (Lipinski definition) is 1. The third-order valence-corrected chi connectivity index (χ3v) is 8.84. The molecule has 0 atom stereocenters. The Morgan fingerprint density at radius 2 is 1.81 bits per heavy atom. The molecule has 2 aromatic carbocycles. The summed E-state index contributed by atoms with van der Waals surface area (Å²) in [7, 11) is -2.10. The first-order chi connectivity index (χ1) is 17.9. The van der Waals surface area contributed by atoms with Crippen LogP contribution in [0.15, 0.2) is 57.9 Å². The molecule has 0 bridgehead atoms. The first kappa shape index (κ1) is 25.4. The lowest BCUT2D eigenvalue weighted by molar-refractivity contribution is -0.121. The van der Waals surface area contributed by atoms with Crippen molar-refractivity contribution in [2.24, 2.45) is 5.92 Å². The Bertz CT molecular complexity index is 1330. The van der Waals surface area contributed by atoms with Crippen LogP contribution in [-0.2, 0) is 21.4 Å². The Morgan fingerprint density at radius 1 is 1.08 bits per heavy atom. The van der Waals surface area contributed by atoms with Crippen LogP contribution >= 0.6 is 0 Å². The van der Waals surface area contributed by atoms with E-state index in [1.807, 2.05) is 30.3 Å². The number of rotatable bonds is 8. The van der Waals surface area contributed by atoms with E-state index in [9.17, 15) is 13.2 Å². The molecule has 0 radical (unpaired) electrons. The molecule has 1 aromatic heterocycles. The number of nitrogens with one attached hydrogen (secondary N) is 1. The highest BCUT2D eigenvalue weighted by Crippen LogP contribution is 2.31. The Balaban J connectivity index is 1.19. The van der Waals surface area contributed by atoms with Crippen molar-refractivity contribution in [2.75, 3.05) is 38.6 Å². The molecule has 11 heteroatoms. The van der Waals surface area contributed by atoms with Crippen molar-refractivity contribution in [2.45, 2.75) is 37.1 Å². The van der Waals surface area contributed by atoms with Crippen LogP contribution in [-0.4, -0.2) is 67.0 Å². The summed E-state index contributed by atoms with van der Waals surface area (Å²) in [6.45, 7) is 2.99. The molecule has 10 nitrogen and oxygen atoms in total. The van der Waals surface area contributed by atoms with Gasteiger partial charge in [0, 0.05) is 24.6 Å². The number of amides is 1. The number of aromatic nitrogens is 2. The van der Waals surface area contributed by atoms with Crippen LogP contribution in [0.25, 0.3) is 11.4 Å². The Labute approximate surface area is 216 Å². The Hall–Kier alpha value is -3.28. The number of carbonyl (C=O) groups excluding carboxylic acids is 1. The van der Waals surface area contributed by atoms with Gasteiger partial charge in [-0.05, 0) is 57.0 Å². The van der Waals surface area contributed by atoms with Crippen LogP contribution in [0.3, 0.4) is 0 Å². The van der Waals surface area contributed by atoms with Crippen molar-refractivity contribution in [3.8, 4) is 17.1 Å². The maximum absolute atomic E-state index is 13.1. The van der Waals surface area contributed by atoms with Crippen LogP contribution in [0.1, 0.15) is 31.6 Å². The van der Waals surface area contributed by atoms with E-state index in [1.165, 1.54) is 23.5 Å². The summed E-state index contributed by atoms with van der Waals surface area (Å²) >= 11 is 0. The smallest absolute Gasteiger partial charge is 0.243 e. The molecule has 0 saturated carbocycles. The molecule has 3 aromatic rings. The van der Waals surface area contributed by atoms with Crippen LogP contribution in [0, 0.1) is 5.92 Å². The fraction of sp³-hybridized carbons (Fsp3) is 0.423. The number of methoxy groups -OCH3 is 1. The molecule has 0 spiro atoms. The van der Waals surface area contributed by atoms with Crippen molar-refractivity contribution >= 4 is 21.6 Å². The molecule has 2 aliphatic rings. The molecule has 2 fully saturated rings. The van der Waals surface area contributed by atoms with Gasteiger partial charge in [0.25, 0.3) is 0 Å². The van der Waals surface area contributed by atoms with Gasteiger partial charge in [0.15, 0.2) is 0 Å². The summed E-state index contributed by atoms with van der Waals surface area (Å²) in [5, 5.41) is 6.99. The highest BCUT2D eigenvalue weighted by atomic mass is 32.2. The van der Waals surface area contributed by atoms with Gasteiger partial charge in [-0.2, -0.15) is 9.29 Å². The molecular weight excluding hydrogens is 494 g/mol. The third-order valence-electron chi connectivity index (χ3n) is 6.95. The second-order valence-corrected chi connectivity index (χ2v) is 11.3. The van der Waals surface area contributed by atoms with Crippen LogP contribution in [0.5, 0.6) is 5.75 Å². The number of nitrogens with zero attached hydrogens (tertiary/aromatic N) is 4. The topological polar surface area (TPSA) is 118 Å². The third kappa shape index (κ3) is 5.68. The second-order valence-electron chi connectivity index (χ2n) is 9.39. The van der Waals surface area contributed by atoms with E-state index in [-0.39, 0.29) is 16.7 Å². The average Bonchev–Trinajstić information content (AvgIpc) is 3.63. The lowest BCUT2D eigenvalue weighted by Crippen LogP contribution is -2.37. The first-order valence-corrected chi connectivity index (χ1v) is 14.0. The fourth-order valence-corrected chi connectivity index (χ4v) is 6.37. The summed E-state index contributed by atoms with van der Waals surface area (Å²) in [5.41, 5.74) is 1.27. The van der Waals surface area contributed by atoms with E-state index < -0.39 is 10.0 Å². The van der Waals surface area contributed by atoms with E-state index in [1.54, 1.807) is 6.07 Å². The standard InChI is InChI=1S/C26H31N5O5S/c1-35-23-10-9-21(37(33,34)31-13-5-6-14-31)17-22(23)27-26(32)20-11-15-30(16-12-20)18-24-28-25(29-36-24)19-7-3-2-4-8-19/h2-4,7-10,17,20H,5-6,11-16,18H2,1H3,(H,27,32). The molecule has 5 rings (SSSR count). The van der Waals surface area contributed by atoms with Gasteiger partial charge in [-0.3, -0.25) is 9.69 Å². The Morgan fingerprint density at radius 3 is 2.51 bits per heavy atom. The van der Waals surface area contributed by atoms with Gasteiger partial charge in [-0.15, -0.1) is 0 Å². The van der Waals surface area contributed by atoms with Crippen LogP contribution < -0.4 is 10.1 Å². The fourth-order valence-electron chi connectivity index (χ4n) is 4.83. The quantitative estimate of drug-likeness (QED) is 0.476. The largest absolute Gasteiger partial charge is 0.495 e. The highest BCUT2D eigenvalue weighted by molar-refractivity contribution is 7.89. The number of hydrogen-bond acceptors (Lipinski definition) is 8. The predicted molar refractivity (Wildman–Crippen MR) is 137 cm³/mol. The summed E-state index contributed by atoms with van der Waals surface area (Å²) < 4.78 is 38.3. The highest BCUT2D eigenvalue weighted by Gasteiger charge is 2.30. The van der Waals surface area contributed by atoms with Gasteiger partial charge in [0.2, 0.25) is 27.6 Å². The van der Waals surface area contributed by atoms with E-state index in [4.69, 9.17) is 9.26 Å². The average molecular weight is 526 g/mol. The molecule has 1 N–H and O–H groups in total. The number of likely N-dealkylation sites (tertiary alicyclic amines) is 1. The maximum Gasteiger partial charge on any atom is 0.243 e. The number of carbonyl (C=O) groups is 1. The van der Waals surface area contributed by atoms with Gasteiger partial charge in [-0.1, -0.05) is 35.5 Å². The molecule has 37 heavy (non-hydrogen) atoms. The molecule has 0 unspecified atom stereocenters.